The Hall–Kier alpha value is -2.73. The van der Waals surface area contributed by atoms with Crippen LogP contribution < -0.4 is 16.0 Å². The fourth-order valence-electron chi connectivity index (χ4n) is 2.65. The normalized spacial score (nSPS) is 15.1. The lowest BCUT2D eigenvalue weighted by molar-refractivity contribution is -0.121. The number of nitrogens with one attached hydrogen (secondary N) is 3. The van der Waals surface area contributed by atoms with E-state index in [0.717, 1.165) is 18.8 Å². The zero-order chi connectivity index (χ0) is 17.6. The van der Waals surface area contributed by atoms with Crippen molar-refractivity contribution in [2.45, 2.75) is 13.5 Å². The van der Waals surface area contributed by atoms with Crippen molar-refractivity contribution in [2.24, 2.45) is 11.8 Å². The van der Waals surface area contributed by atoms with Gasteiger partial charge in [-0.3, -0.25) is 14.6 Å². The third-order valence-electron chi connectivity index (χ3n) is 4.48. The van der Waals surface area contributed by atoms with Crippen LogP contribution in [0, 0.1) is 11.8 Å². The Kier molecular flexibility index (Phi) is 5.40. The molecule has 0 spiro atoms. The number of carbonyl (C=O) groups excluding carboxylic acids is 2. The van der Waals surface area contributed by atoms with Crippen LogP contribution in [0.3, 0.4) is 0 Å². The molecule has 3 N–H and O–H groups in total. The van der Waals surface area contributed by atoms with Crippen molar-refractivity contribution in [2.75, 3.05) is 18.4 Å². The minimum atomic E-state index is -0.196. The molecule has 1 unspecified atom stereocenters. The summed E-state index contributed by atoms with van der Waals surface area (Å²) in [4.78, 5) is 28.8. The van der Waals surface area contributed by atoms with E-state index in [1.807, 2.05) is 25.1 Å². The molecule has 0 bridgehead atoms. The topological polar surface area (TPSA) is 83.1 Å². The largest absolute Gasteiger partial charge is 0.346 e. The van der Waals surface area contributed by atoms with E-state index in [2.05, 4.69) is 20.9 Å². The van der Waals surface area contributed by atoms with Crippen LogP contribution in [0.1, 0.15) is 23.0 Å². The molecule has 6 heteroatoms. The van der Waals surface area contributed by atoms with Gasteiger partial charge in [0.15, 0.2) is 0 Å². The first-order valence-electron chi connectivity index (χ1n) is 8.43. The number of amides is 2. The maximum atomic E-state index is 12.3. The minimum absolute atomic E-state index is 0.0162. The molecule has 0 aliphatic carbocycles. The second-order valence-electron chi connectivity index (χ2n) is 6.28. The zero-order valence-electron chi connectivity index (χ0n) is 14.2. The Morgan fingerprint density at radius 3 is 2.76 bits per heavy atom. The van der Waals surface area contributed by atoms with Crippen LogP contribution in [-0.4, -0.2) is 29.9 Å². The van der Waals surface area contributed by atoms with Gasteiger partial charge in [-0.15, -0.1) is 0 Å². The molecule has 25 heavy (non-hydrogen) atoms. The SMILES string of the molecule is CC(C(=O)Nc1cccc(C(=O)NCc2ccccn2)c1)C1CNC1. The van der Waals surface area contributed by atoms with Crippen LogP contribution in [0.2, 0.25) is 0 Å². The van der Waals surface area contributed by atoms with Gasteiger partial charge in [-0.1, -0.05) is 19.1 Å². The van der Waals surface area contributed by atoms with Crippen LogP contribution in [-0.2, 0) is 11.3 Å². The summed E-state index contributed by atoms with van der Waals surface area (Å²) in [6, 6.07) is 12.5. The van der Waals surface area contributed by atoms with Crippen molar-refractivity contribution in [3.05, 3.63) is 59.9 Å². The van der Waals surface area contributed by atoms with Gasteiger partial charge in [0.05, 0.1) is 12.2 Å². The van der Waals surface area contributed by atoms with Crippen LogP contribution >= 0.6 is 0 Å². The number of carbonyl (C=O) groups is 2. The van der Waals surface area contributed by atoms with Gasteiger partial charge in [0.25, 0.3) is 5.91 Å². The maximum absolute atomic E-state index is 12.3. The van der Waals surface area contributed by atoms with Gasteiger partial charge in [-0.2, -0.15) is 0 Å². The number of pyridine rings is 1. The van der Waals surface area contributed by atoms with Crippen LogP contribution in [0.4, 0.5) is 5.69 Å². The average molecular weight is 338 g/mol. The molecule has 1 aliphatic rings. The smallest absolute Gasteiger partial charge is 0.251 e. The van der Waals surface area contributed by atoms with Gasteiger partial charge in [0.2, 0.25) is 5.91 Å². The van der Waals surface area contributed by atoms with Crippen molar-refractivity contribution >= 4 is 17.5 Å². The number of nitrogens with zero attached hydrogens (tertiary/aromatic N) is 1. The highest BCUT2D eigenvalue weighted by molar-refractivity contribution is 5.97. The lowest BCUT2D eigenvalue weighted by atomic mass is 9.88. The van der Waals surface area contributed by atoms with E-state index in [9.17, 15) is 9.59 Å². The van der Waals surface area contributed by atoms with Crippen molar-refractivity contribution in [3.63, 3.8) is 0 Å². The molecule has 1 atom stereocenters. The fourth-order valence-corrected chi connectivity index (χ4v) is 2.65. The number of hydrogen-bond acceptors (Lipinski definition) is 4. The van der Waals surface area contributed by atoms with E-state index >= 15 is 0 Å². The summed E-state index contributed by atoms with van der Waals surface area (Å²) >= 11 is 0. The van der Waals surface area contributed by atoms with Crippen molar-refractivity contribution < 1.29 is 9.59 Å². The summed E-state index contributed by atoms with van der Waals surface area (Å²) in [7, 11) is 0. The molecule has 3 rings (SSSR count). The summed E-state index contributed by atoms with van der Waals surface area (Å²) in [6.45, 7) is 4.06. The first-order chi connectivity index (χ1) is 12.1. The second-order valence-corrected chi connectivity index (χ2v) is 6.28. The van der Waals surface area contributed by atoms with Gasteiger partial charge in [0.1, 0.15) is 0 Å². The van der Waals surface area contributed by atoms with E-state index in [0.29, 0.717) is 23.7 Å². The standard InChI is InChI=1S/C19H22N4O2/c1-13(15-10-20-11-15)18(24)23-16-7-4-5-14(9-16)19(25)22-12-17-6-2-3-8-21-17/h2-9,13,15,20H,10-12H2,1H3,(H,22,25)(H,23,24). The van der Waals surface area contributed by atoms with Crippen molar-refractivity contribution in [1.82, 2.24) is 15.6 Å². The molecule has 1 saturated heterocycles. The number of aromatic nitrogens is 1. The van der Waals surface area contributed by atoms with Crippen LogP contribution in [0.25, 0.3) is 0 Å². The highest BCUT2D eigenvalue weighted by atomic mass is 16.2. The fraction of sp³-hybridized carbons (Fsp3) is 0.316. The van der Waals surface area contributed by atoms with Gasteiger partial charge < -0.3 is 16.0 Å². The molecule has 2 amide bonds. The van der Waals surface area contributed by atoms with E-state index in [1.54, 1.807) is 30.5 Å². The molecule has 2 aromatic rings. The molecule has 2 heterocycles. The molecule has 0 radical (unpaired) electrons. The molecule has 1 fully saturated rings. The summed E-state index contributed by atoms with van der Waals surface area (Å²) < 4.78 is 0. The zero-order valence-corrected chi connectivity index (χ0v) is 14.2. The third kappa shape index (κ3) is 4.42. The van der Waals surface area contributed by atoms with E-state index in [-0.39, 0.29) is 17.7 Å². The molecule has 1 aliphatic heterocycles. The minimum Gasteiger partial charge on any atom is -0.346 e. The van der Waals surface area contributed by atoms with E-state index in [1.165, 1.54) is 0 Å². The Bertz CT molecular complexity index is 744. The molecular formula is C19H22N4O2. The Balaban J connectivity index is 1.58. The number of hydrogen-bond donors (Lipinski definition) is 3. The van der Waals surface area contributed by atoms with E-state index in [4.69, 9.17) is 0 Å². The summed E-state index contributed by atoms with van der Waals surface area (Å²) in [6.07, 6.45) is 1.69. The monoisotopic (exact) mass is 338 g/mol. The lowest BCUT2D eigenvalue weighted by Crippen LogP contribution is -2.48. The van der Waals surface area contributed by atoms with E-state index < -0.39 is 0 Å². The lowest BCUT2D eigenvalue weighted by Gasteiger charge is -2.31. The Morgan fingerprint density at radius 2 is 2.08 bits per heavy atom. The van der Waals surface area contributed by atoms with Crippen molar-refractivity contribution in [1.29, 1.82) is 0 Å². The Labute approximate surface area is 147 Å². The second kappa shape index (κ2) is 7.90. The number of benzene rings is 1. The van der Waals surface area contributed by atoms with Gasteiger partial charge >= 0.3 is 0 Å². The molecular weight excluding hydrogens is 316 g/mol. The highest BCUT2D eigenvalue weighted by Crippen LogP contribution is 2.19. The molecule has 130 valence electrons. The number of rotatable bonds is 6. The highest BCUT2D eigenvalue weighted by Gasteiger charge is 2.28. The predicted octanol–water partition coefficient (Wildman–Crippen LogP) is 1.81. The summed E-state index contributed by atoms with van der Waals surface area (Å²) in [5.74, 6) is 0.114. The summed E-state index contributed by atoms with van der Waals surface area (Å²) in [5, 5.41) is 8.91. The molecule has 1 aromatic heterocycles. The summed E-state index contributed by atoms with van der Waals surface area (Å²) in [5.41, 5.74) is 1.93. The van der Waals surface area contributed by atoms with Gasteiger partial charge in [0, 0.05) is 23.4 Å². The predicted molar refractivity (Wildman–Crippen MR) is 96.0 cm³/mol. The average Bonchev–Trinajstić information content (AvgIpc) is 2.59. The molecule has 0 saturated carbocycles. The first kappa shape index (κ1) is 17.1. The molecule has 1 aromatic carbocycles. The third-order valence-corrected chi connectivity index (χ3v) is 4.48. The van der Waals surface area contributed by atoms with Crippen molar-refractivity contribution in [3.8, 4) is 0 Å². The van der Waals surface area contributed by atoms with Crippen LogP contribution in [0.5, 0.6) is 0 Å². The van der Waals surface area contributed by atoms with Crippen LogP contribution in [0.15, 0.2) is 48.7 Å². The molecule has 6 nitrogen and oxygen atoms in total. The van der Waals surface area contributed by atoms with Gasteiger partial charge in [-0.05, 0) is 49.3 Å². The Morgan fingerprint density at radius 1 is 1.24 bits per heavy atom. The maximum Gasteiger partial charge on any atom is 0.251 e. The quantitative estimate of drug-likeness (QED) is 0.750. The van der Waals surface area contributed by atoms with Gasteiger partial charge in [-0.25, -0.2) is 0 Å². The number of anilines is 1. The first-order valence-corrected chi connectivity index (χ1v) is 8.43.